The van der Waals surface area contributed by atoms with E-state index in [1.54, 1.807) is 36.0 Å². The van der Waals surface area contributed by atoms with E-state index in [0.717, 1.165) is 5.75 Å². The molecule has 0 aliphatic heterocycles. The second kappa shape index (κ2) is 9.87. The van der Waals surface area contributed by atoms with Crippen molar-refractivity contribution in [2.24, 2.45) is 0 Å². The molecule has 2 aromatic rings. The fourth-order valence-corrected chi connectivity index (χ4v) is 3.06. The Morgan fingerprint density at radius 1 is 0.923 bits per heavy atom. The van der Waals surface area contributed by atoms with Crippen LogP contribution in [0.15, 0.2) is 54.6 Å². The third kappa shape index (κ3) is 6.80. The standard InChI is InChI=1S/C20H25N3O2S/c1-14(2)21-20(25)23-18-11-7-10-17(12-18)22-19(24)15(3)26-13-16-8-5-4-6-9-16/h4-12,14-15H,13H2,1-3H3,(H,22,24)(H2,21,23,25)/t15-/m0/s1. The molecular formula is C20H25N3O2S. The van der Waals surface area contributed by atoms with Gasteiger partial charge >= 0.3 is 6.03 Å². The summed E-state index contributed by atoms with van der Waals surface area (Å²) in [6.45, 7) is 5.68. The number of carbonyl (C=O) groups excluding carboxylic acids is 2. The highest BCUT2D eigenvalue weighted by atomic mass is 32.2. The fraction of sp³-hybridized carbons (Fsp3) is 0.300. The molecule has 2 rings (SSSR count). The molecule has 0 bridgehead atoms. The number of rotatable bonds is 7. The van der Waals surface area contributed by atoms with Gasteiger partial charge in [0.2, 0.25) is 5.91 Å². The Kier molecular flexibility index (Phi) is 7.53. The molecule has 0 heterocycles. The Morgan fingerprint density at radius 2 is 1.58 bits per heavy atom. The highest BCUT2D eigenvalue weighted by molar-refractivity contribution is 7.99. The minimum atomic E-state index is -0.268. The van der Waals surface area contributed by atoms with E-state index in [9.17, 15) is 9.59 Å². The van der Waals surface area contributed by atoms with Crippen LogP contribution in [0.5, 0.6) is 0 Å². The summed E-state index contributed by atoms with van der Waals surface area (Å²) in [5.74, 6) is 0.724. The Balaban J connectivity index is 1.87. The number of hydrogen-bond donors (Lipinski definition) is 3. The van der Waals surface area contributed by atoms with Crippen LogP contribution in [0.4, 0.5) is 16.2 Å². The third-order valence-electron chi connectivity index (χ3n) is 3.52. The van der Waals surface area contributed by atoms with Gasteiger partial charge in [-0.3, -0.25) is 4.79 Å². The zero-order valence-electron chi connectivity index (χ0n) is 15.3. The Bertz CT molecular complexity index is 735. The molecule has 0 saturated carbocycles. The first kappa shape index (κ1) is 19.8. The van der Waals surface area contributed by atoms with Gasteiger partial charge in [0.1, 0.15) is 0 Å². The molecule has 2 aromatic carbocycles. The lowest BCUT2D eigenvalue weighted by molar-refractivity contribution is -0.115. The molecule has 0 spiro atoms. The molecule has 0 saturated heterocycles. The minimum Gasteiger partial charge on any atom is -0.336 e. The van der Waals surface area contributed by atoms with Gasteiger partial charge in [-0.05, 0) is 44.5 Å². The van der Waals surface area contributed by atoms with E-state index in [0.29, 0.717) is 11.4 Å². The van der Waals surface area contributed by atoms with Gasteiger partial charge in [-0.1, -0.05) is 36.4 Å². The molecule has 0 aromatic heterocycles. The summed E-state index contributed by atoms with van der Waals surface area (Å²) < 4.78 is 0. The Morgan fingerprint density at radius 3 is 2.23 bits per heavy atom. The van der Waals surface area contributed by atoms with Crippen LogP contribution in [-0.4, -0.2) is 23.2 Å². The second-order valence-electron chi connectivity index (χ2n) is 6.26. The van der Waals surface area contributed by atoms with Crippen molar-refractivity contribution in [3.05, 3.63) is 60.2 Å². The summed E-state index contributed by atoms with van der Waals surface area (Å²) in [5.41, 5.74) is 2.48. The van der Waals surface area contributed by atoms with E-state index in [1.165, 1.54) is 5.56 Å². The van der Waals surface area contributed by atoms with E-state index in [4.69, 9.17) is 0 Å². The molecule has 1 atom stereocenters. The van der Waals surface area contributed by atoms with Crippen LogP contribution >= 0.6 is 11.8 Å². The largest absolute Gasteiger partial charge is 0.336 e. The van der Waals surface area contributed by atoms with Crippen molar-refractivity contribution < 1.29 is 9.59 Å². The number of benzene rings is 2. The average molecular weight is 372 g/mol. The van der Waals surface area contributed by atoms with Gasteiger partial charge in [0, 0.05) is 23.2 Å². The van der Waals surface area contributed by atoms with Crippen molar-refractivity contribution in [3.63, 3.8) is 0 Å². The van der Waals surface area contributed by atoms with Gasteiger partial charge < -0.3 is 16.0 Å². The molecule has 0 fully saturated rings. The van der Waals surface area contributed by atoms with Crippen molar-refractivity contribution in [1.29, 1.82) is 0 Å². The number of anilines is 2. The molecule has 3 N–H and O–H groups in total. The zero-order chi connectivity index (χ0) is 18.9. The number of nitrogens with one attached hydrogen (secondary N) is 3. The van der Waals surface area contributed by atoms with Crippen LogP contribution in [-0.2, 0) is 10.5 Å². The van der Waals surface area contributed by atoms with Gasteiger partial charge in [0.15, 0.2) is 0 Å². The van der Waals surface area contributed by atoms with Crippen molar-refractivity contribution in [3.8, 4) is 0 Å². The molecule has 26 heavy (non-hydrogen) atoms. The highest BCUT2D eigenvalue weighted by Gasteiger charge is 2.14. The van der Waals surface area contributed by atoms with E-state index in [-0.39, 0.29) is 23.2 Å². The van der Waals surface area contributed by atoms with Crippen molar-refractivity contribution in [1.82, 2.24) is 5.32 Å². The third-order valence-corrected chi connectivity index (χ3v) is 4.73. The quantitative estimate of drug-likeness (QED) is 0.672. The Hall–Kier alpha value is -2.47. The van der Waals surface area contributed by atoms with E-state index in [1.807, 2.05) is 39.0 Å². The fourth-order valence-electron chi connectivity index (χ4n) is 2.22. The lowest BCUT2D eigenvalue weighted by atomic mass is 10.2. The first-order valence-corrected chi connectivity index (χ1v) is 9.63. The zero-order valence-corrected chi connectivity index (χ0v) is 16.1. The normalized spacial score (nSPS) is 11.7. The minimum absolute atomic E-state index is 0.0559. The molecule has 138 valence electrons. The summed E-state index contributed by atoms with van der Waals surface area (Å²) in [7, 11) is 0. The van der Waals surface area contributed by atoms with Crippen LogP contribution in [0.25, 0.3) is 0 Å². The molecule has 0 radical (unpaired) electrons. The summed E-state index contributed by atoms with van der Waals surface area (Å²) in [6.07, 6.45) is 0. The van der Waals surface area contributed by atoms with Crippen molar-refractivity contribution >= 4 is 35.1 Å². The summed E-state index contributed by atoms with van der Waals surface area (Å²) >= 11 is 1.59. The molecule has 0 aliphatic rings. The smallest absolute Gasteiger partial charge is 0.319 e. The first-order chi connectivity index (χ1) is 12.4. The number of carbonyl (C=O) groups is 2. The second-order valence-corrected chi connectivity index (χ2v) is 7.59. The highest BCUT2D eigenvalue weighted by Crippen LogP contribution is 2.20. The monoisotopic (exact) mass is 371 g/mol. The molecule has 0 unspecified atom stereocenters. The molecule has 5 nitrogen and oxygen atoms in total. The molecule has 0 aliphatic carbocycles. The van der Waals surface area contributed by atoms with Crippen LogP contribution in [0.1, 0.15) is 26.3 Å². The number of urea groups is 1. The maximum atomic E-state index is 12.4. The predicted molar refractivity (Wildman–Crippen MR) is 110 cm³/mol. The van der Waals surface area contributed by atoms with Crippen molar-refractivity contribution in [2.45, 2.75) is 37.8 Å². The molecule has 3 amide bonds. The van der Waals surface area contributed by atoms with Crippen LogP contribution in [0.3, 0.4) is 0 Å². The maximum absolute atomic E-state index is 12.4. The summed E-state index contributed by atoms with van der Waals surface area (Å²) in [5, 5.41) is 8.23. The number of hydrogen-bond acceptors (Lipinski definition) is 3. The lowest BCUT2D eigenvalue weighted by Gasteiger charge is -2.14. The average Bonchev–Trinajstić information content (AvgIpc) is 2.60. The van der Waals surface area contributed by atoms with Gasteiger partial charge in [-0.25, -0.2) is 4.79 Å². The van der Waals surface area contributed by atoms with E-state index < -0.39 is 0 Å². The van der Waals surface area contributed by atoms with E-state index >= 15 is 0 Å². The summed E-state index contributed by atoms with van der Waals surface area (Å²) in [4.78, 5) is 24.2. The van der Waals surface area contributed by atoms with Crippen LogP contribution in [0.2, 0.25) is 0 Å². The van der Waals surface area contributed by atoms with Crippen molar-refractivity contribution in [2.75, 3.05) is 10.6 Å². The lowest BCUT2D eigenvalue weighted by Crippen LogP contribution is -2.34. The molecule has 6 heteroatoms. The van der Waals surface area contributed by atoms with Crippen LogP contribution in [0, 0.1) is 0 Å². The van der Waals surface area contributed by atoms with Gasteiger partial charge in [0.25, 0.3) is 0 Å². The number of amides is 3. The maximum Gasteiger partial charge on any atom is 0.319 e. The Labute approximate surface area is 159 Å². The number of thioether (sulfide) groups is 1. The summed E-state index contributed by atoms with van der Waals surface area (Å²) in [6, 6.07) is 17.0. The van der Waals surface area contributed by atoms with E-state index in [2.05, 4.69) is 28.1 Å². The van der Waals surface area contributed by atoms with Crippen LogP contribution < -0.4 is 16.0 Å². The SMILES string of the molecule is CC(C)NC(=O)Nc1cccc(NC(=O)[C@H](C)SCc2ccccc2)c1. The van der Waals surface area contributed by atoms with Gasteiger partial charge in [-0.15, -0.1) is 11.8 Å². The van der Waals surface area contributed by atoms with Gasteiger partial charge in [0.05, 0.1) is 5.25 Å². The topological polar surface area (TPSA) is 70.2 Å². The van der Waals surface area contributed by atoms with Gasteiger partial charge in [-0.2, -0.15) is 0 Å². The predicted octanol–water partition coefficient (Wildman–Crippen LogP) is 4.48. The first-order valence-electron chi connectivity index (χ1n) is 8.58. The molecular weight excluding hydrogens is 346 g/mol.